The molecule has 3 heteroatoms. The summed E-state index contributed by atoms with van der Waals surface area (Å²) in [7, 11) is 0. The van der Waals surface area contributed by atoms with Gasteiger partial charge in [0.15, 0.2) is 0 Å². The lowest BCUT2D eigenvalue weighted by Gasteiger charge is -2.04. The molecule has 1 N–H and O–H groups in total. The quantitative estimate of drug-likeness (QED) is 0.269. The molecule has 0 spiro atoms. The molecule has 0 aromatic rings. The Bertz CT molecular complexity index is 189. The van der Waals surface area contributed by atoms with Gasteiger partial charge in [-0.2, -0.15) is 0 Å². The molecule has 0 aliphatic heterocycles. The van der Waals surface area contributed by atoms with Gasteiger partial charge in [-0.3, -0.25) is 0 Å². The Kier molecular flexibility index (Phi) is 4.15. The van der Waals surface area contributed by atoms with Crippen LogP contribution >= 0.6 is 11.6 Å². The number of nitrogens with zero attached hydrogens (tertiary/aromatic N) is 1. The molecule has 2 nitrogen and oxygen atoms in total. The third kappa shape index (κ3) is 2.86. The molecule has 1 aliphatic carbocycles. The van der Waals surface area contributed by atoms with Crippen LogP contribution in [0, 0.1) is 0 Å². The molecule has 0 amide bonds. The van der Waals surface area contributed by atoms with Gasteiger partial charge >= 0.3 is 0 Å². The fourth-order valence-electron chi connectivity index (χ4n) is 1.31. The molecule has 1 atom stereocenters. The van der Waals surface area contributed by atoms with E-state index in [1.807, 2.05) is 6.08 Å². The van der Waals surface area contributed by atoms with Gasteiger partial charge in [0.2, 0.25) is 0 Å². The molecule has 0 saturated carbocycles. The van der Waals surface area contributed by atoms with Crippen LogP contribution in [0.4, 0.5) is 0 Å². The molecule has 1 aliphatic rings. The maximum atomic E-state index is 8.64. The summed E-state index contributed by atoms with van der Waals surface area (Å²) in [6.07, 6.45) is 9.34. The first kappa shape index (κ1) is 9.59. The zero-order valence-electron chi connectivity index (χ0n) is 7.04. The number of hydrogen-bond donors (Lipinski definition) is 1. The molecule has 0 aromatic carbocycles. The highest BCUT2D eigenvalue weighted by molar-refractivity contribution is 6.33. The minimum absolute atomic E-state index is 0.215. The standard InChI is InChI=1S/C9H14ClNO/c10-8-6-4-2-1-3-5-7-9(8)11-12/h4,6,8,12H,1-3,5,7H2. The zero-order valence-corrected chi connectivity index (χ0v) is 7.80. The monoisotopic (exact) mass is 187 g/mol. The van der Waals surface area contributed by atoms with Gasteiger partial charge in [-0.15, -0.1) is 11.6 Å². The molecule has 1 unspecified atom stereocenters. The van der Waals surface area contributed by atoms with Gasteiger partial charge < -0.3 is 5.21 Å². The number of oxime groups is 1. The fourth-order valence-corrected chi connectivity index (χ4v) is 1.57. The Labute approximate surface area is 77.9 Å². The van der Waals surface area contributed by atoms with Crippen molar-refractivity contribution in [2.45, 2.75) is 37.5 Å². The molecular weight excluding hydrogens is 174 g/mol. The lowest BCUT2D eigenvalue weighted by molar-refractivity contribution is 0.316. The second kappa shape index (κ2) is 5.20. The van der Waals surface area contributed by atoms with Crippen molar-refractivity contribution in [1.82, 2.24) is 0 Å². The maximum absolute atomic E-state index is 8.64. The van der Waals surface area contributed by atoms with E-state index >= 15 is 0 Å². The van der Waals surface area contributed by atoms with Crippen molar-refractivity contribution in [3.8, 4) is 0 Å². The van der Waals surface area contributed by atoms with E-state index in [0.717, 1.165) is 19.3 Å². The number of hydrogen-bond acceptors (Lipinski definition) is 2. The Morgan fingerprint density at radius 2 is 2.25 bits per heavy atom. The van der Waals surface area contributed by atoms with Gasteiger partial charge in [-0.25, -0.2) is 0 Å². The summed E-state index contributed by atoms with van der Waals surface area (Å²) in [5.74, 6) is 0. The van der Waals surface area contributed by atoms with Gasteiger partial charge in [0, 0.05) is 0 Å². The van der Waals surface area contributed by atoms with Gasteiger partial charge in [0.25, 0.3) is 0 Å². The van der Waals surface area contributed by atoms with Crippen LogP contribution in [-0.2, 0) is 0 Å². The molecule has 12 heavy (non-hydrogen) atoms. The maximum Gasteiger partial charge on any atom is 0.0931 e. The van der Waals surface area contributed by atoms with E-state index in [2.05, 4.69) is 11.2 Å². The first-order chi connectivity index (χ1) is 5.84. The predicted octanol–water partition coefficient (Wildman–Crippen LogP) is 2.94. The average molecular weight is 188 g/mol. The van der Waals surface area contributed by atoms with E-state index in [0.29, 0.717) is 5.71 Å². The van der Waals surface area contributed by atoms with Crippen LogP contribution in [0.2, 0.25) is 0 Å². The van der Waals surface area contributed by atoms with Crippen molar-refractivity contribution in [2.24, 2.45) is 5.16 Å². The number of halogens is 1. The van der Waals surface area contributed by atoms with E-state index in [9.17, 15) is 0 Å². The number of rotatable bonds is 0. The Morgan fingerprint density at radius 1 is 1.42 bits per heavy atom. The second-order valence-corrected chi connectivity index (χ2v) is 3.49. The minimum Gasteiger partial charge on any atom is -0.411 e. The van der Waals surface area contributed by atoms with Crippen molar-refractivity contribution < 1.29 is 5.21 Å². The van der Waals surface area contributed by atoms with Crippen LogP contribution in [0.5, 0.6) is 0 Å². The highest BCUT2D eigenvalue weighted by Crippen LogP contribution is 2.14. The van der Waals surface area contributed by atoms with Crippen molar-refractivity contribution >= 4 is 17.3 Å². The summed E-state index contributed by atoms with van der Waals surface area (Å²) >= 11 is 5.95. The third-order valence-corrected chi connectivity index (χ3v) is 2.45. The molecule has 0 bridgehead atoms. The zero-order chi connectivity index (χ0) is 8.81. The van der Waals surface area contributed by atoms with E-state index in [-0.39, 0.29) is 5.38 Å². The predicted molar refractivity (Wildman–Crippen MR) is 51.1 cm³/mol. The van der Waals surface area contributed by atoms with Crippen molar-refractivity contribution in [3.05, 3.63) is 12.2 Å². The number of allylic oxidation sites excluding steroid dienone is 2. The summed E-state index contributed by atoms with van der Waals surface area (Å²) in [5, 5.41) is 11.6. The summed E-state index contributed by atoms with van der Waals surface area (Å²) in [6, 6.07) is 0. The minimum atomic E-state index is -0.215. The molecule has 0 saturated heterocycles. The largest absolute Gasteiger partial charge is 0.411 e. The van der Waals surface area contributed by atoms with Gasteiger partial charge in [-0.05, 0) is 25.7 Å². The van der Waals surface area contributed by atoms with Crippen LogP contribution in [0.1, 0.15) is 32.1 Å². The van der Waals surface area contributed by atoms with Crippen LogP contribution in [0.15, 0.2) is 17.3 Å². The highest BCUT2D eigenvalue weighted by atomic mass is 35.5. The second-order valence-electron chi connectivity index (χ2n) is 3.02. The average Bonchev–Trinajstić information content (AvgIpc) is 2.17. The number of alkyl halides is 1. The summed E-state index contributed by atoms with van der Waals surface area (Å²) in [4.78, 5) is 0. The summed E-state index contributed by atoms with van der Waals surface area (Å²) in [6.45, 7) is 0. The lowest BCUT2D eigenvalue weighted by Crippen LogP contribution is -2.11. The normalized spacial score (nSPS) is 29.4. The molecule has 68 valence electrons. The van der Waals surface area contributed by atoms with Crippen molar-refractivity contribution in [2.75, 3.05) is 0 Å². The molecule has 0 aromatic heterocycles. The van der Waals surface area contributed by atoms with E-state index in [1.54, 1.807) is 0 Å². The first-order valence-corrected chi connectivity index (χ1v) is 4.80. The Hall–Kier alpha value is -0.500. The van der Waals surface area contributed by atoms with Gasteiger partial charge in [0.05, 0.1) is 11.1 Å². The molecule has 0 fully saturated rings. The van der Waals surface area contributed by atoms with Crippen LogP contribution in [-0.4, -0.2) is 16.3 Å². The van der Waals surface area contributed by atoms with Gasteiger partial charge in [-0.1, -0.05) is 23.7 Å². The van der Waals surface area contributed by atoms with E-state index < -0.39 is 0 Å². The molecule has 1 rings (SSSR count). The van der Waals surface area contributed by atoms with Crippen LogP contribution in [0.3, 0.4) is 0 Å². The smallest absolute Gasteiger partial charge is 0.0931 e. The van der Waals surface area contributed by atoms with Crippen LogP contribution < -0.4 is 0 Å². The first-order valence-electron chi connectivity index (χ1n) is 4.36. The molecule has 0 radical (unpaired) electrons. The SMILES string of the molecule is ON=C1CCCCCC=CC1Cl. The van der Waals surface area contributed by atoms with Crippen molar-refractivity contribution in [1.29, 1.82) is 0 Å². The molecular formula is C9H14ClNO. The van der Waals surface area contributed by atoms with Crippen molar-refractivity contribution in [3.63, 3.8) is 0 Å². The third-order valence-electron chi connectivity index (χ3n) is 2.06. The summed E-state index contributed by atoms with van der Waals surface area (Å²) < 4.78 is 0. The lowest BCUT2D eigenvalue weighted by atomic mass is 10.1. The van der Waals surface area contributed by atoms with Gasteiger partial charge in [0.1, 0.15) is 0 Å². The molecule has 0 heterocycles. The Morgan fingerprint density at radius 3 is 3.00 bits per heavy atom. The Balaban J connectivity index is 2.59. The van der Waals surface area contributed by atoms with Crippen LogP contribution in [0.25, 0.3) is 0 Å². The van der Waals surface area contributed by atoms with E-state index in [4.69, 9.17) is 16.8 Å². The summed E-state index contributed by atoms with van der Waals surface area (Å²) in [5.41, 5.74) is 0.690. The van der Waals surface area contributed by atoms with E-state index in [1.165, 1.54) is 12.8 Å². The topological polar surface area (TPSA) is 32.6 Å². The fraction of sp³-hybridized carbons (Fsp3) is 0.667. The highest BCUT2D eigenvalue weighted by Gasteiger charge is 2.10.